The fraction of sp³-hybridized carbons (Fsp3) is 0.417. The molecular weight excluding hydrogens is 200 g/mol. The van der Waals surface area contributed by atoms with Gasteiger partial charge in [-0.15, -0.1) is 0 Å². The Balaban J connectivity index is 2.34. The molecule has 0 amide bonds. The van der Waals surface area contributed by atoms with Crippen molar-refractivity contribution >= 4 is 0 Å². The Morgan fingerprint density at radius 2 is 2.06 bits per heavy atom. The van der Waals surface area contributed by atoms with Crippen molar-refractivity contribution in [1.29, 1.82) is 0 Å². The van der Waals surface area contributed by atoms with Crippen LogP contribution in [0.15, 0.2) is 18.3 Å². The van der Waals surface area contributed by atoms with E-state index in [1.165, 1.54) is 0 Å². The molecule has 0 aliphatic carbocycles. The predicted molar refractivity (Wildman–Crippen MR) is 62.6 cm³/mol. The van der Waals surface area contributed by atoms with Crippen molar-refractivity contribution in [3.8, 4) is 5.82 Å². The number of aryl methyl sites for hydroxylation is 3. The van der Waals surface area contributed by atoms with Crippen LogP contribution < -0.4 is 0 Å². The van der Waals surface area contributed by atoms with Gasteiger partial charge in [-0.3, -0.25) is 0 Å². The normalized spacial score (nSPS) is 10.7. The molecule has 0 aliphatic rings. The fourth-order valence-electron chi connectivity index (χ4n) is 1.69. The van der Waals surface area contributed by atoms with Crippen LogP contribution in [0.2, 0.25) is 0 Å². The van der Waals surface area contributed by atoms with Crippen molar-refractivity contribution in [2.75, 3.05) is 0 Å². The molecule has 16 heavy (non-hydrogen) atoms. The summed E-state index contributed by atoms with van der Waals surface area (Å²) in [7, 11) is 0. The first-order chi connectivity index (χ1) is 7.69. The Bertz CT molecular complexity index is 467. The molecule has 0 unspecified atom stereocenters. The third-order valence-electron chi connectivity index (χ3n) is 2.34. The summed E-state index contributed by atoms with van der Waals surface area (Å²) in [6.07, 6.45) is 4.07. The molecule has 4 heteroatoms. The van der Waals surface area contributed by atoms with E-state index >= 15 is 0 Å². The summed E-state index contributed by atoms with van der Waals surface area (Å²) in [4.78, 5) is 8.62. The van der Waals surface area contributed by atoms with E-state index in [4.69, 9.17) is 0 Å². The van der Waals surface area contributed by atoms with Crippen LogP contribution in [-0.2, 0) is 6.42 Å². The lowest BCUT2D eigenvalue weighted by molar-refractivity contribution is 0.779. The maximum atomic E-state index is 4.48. The monoisotopic (exact) mass is 216 g/mol. The molecule has 2 rings (SSSR count). The van der Waals surface area contributed by atoms with Crippen LogP contribution in [-0.4, -0.2) is 19.7 Å². The van der Waals surface area contributed by atoms with E-state index in [-0.39, 0.29) is 0 Å². The van der Waals surface area contributed by atoms with E-state index in [1.54, 1.807) is 0 Å². The standard InChI is InChI=1S/C12H16N4/c1-4-5-11-6-7-16(15-11)12-8-9(2)13-10(3)14-12/h6-8H,4-5H2,1-3H3. The minimum Gasteiger partial charge on any atom is -0.238 e. The highest BCUT2D eigenvalue weighted by atomic mass is 15.3. The summed E-state index contributed by atoms with van der Waals surface area (Å²) < 4.78 is 1.81. The van der Waals surface area contributed by atoms with Crippen LogP contribution in [0.5, 0.6) is 0 Å². The van der Waals surface area contributed by atoms with E-state index in [2.05, 4.69) is 22.0 Å². The van der Waals surface area contributed by atoms with Gasteiger partial charge in [-0.2, -0.15) is 5.10 Å². The van der Waals surface area contributed by atoms with Crippen molar-refractivity contribution in [3.63, 3.8) is 0 Å². The zero-order valence-electron chi connectivity index (χ0n) is 9.94. The number of nitrogens with zero attached hydrogens (tertiary/aromatic N) is 4. The van der Waals surface area contributed by atoms with Gasteiger partial charge in [-0.05, 0) is 26.3 Å². The first kappa shape index (κ1) is 10.8. The van der Waals surface area contributed by atoms with Crippen LogP contribution >= 0.6 is 0 Å². The fourth-order valence-corrected chi connectivity index (χ4v) is 1.69. The average molecular weight is 216 g/mol. The van der Waals surface area contributed by atoms with Crippen LogP contribution in [0.4, 0.5) is 0 Å². The molecule has 0 N–H and O–H groups in total. The van der Waals surface area contributed by atoms with Crippen LogP contribution in [0.25, 0.3) is 5.82 Å². The Morgan fingerprint density at radius 3 is 2.75 bits per heavy atom. The van der Waals surface area contributed by atoms with Gasteiger partial charge in [-0.25, -0.2) is 14.6 Å². The Kier molecular flexibility index (Phi) is 2.99. The summed E-state index contributed by atoms with van der Waals surface area (Å²) in [6, 6.07) is 3.98. The highest BCUT2D eigenvalue weighted by Gasteiger charge is 2.03. The lowest BCUT2D eigenvalue weighted by atomic mass is 10.3. The van der Waals surface area contributed by atoms with Gasteiger partial charge in [0, 0.05) is 18.0 Å². The molecule has 0 saturated carbocycles. The average Bonchev–Trinajstić information content (AvgIpc) is 2.65. The molecule has 2 aromatic rings. The minimum absolute atomic E-state index is 0.780. The first-order valence-electron chi connectivity index (χ1n) is 5.56. The SMILES string of the molecule is CCCc1ccn(-c2cc(C)nc(C)n2)n1. The van der Waals surface area contributed by atoms with Crippen molar-refractivity contribution < 1.29 is 0 Å². The van der Waals surface area contributed by atoms with Gasteiger partial charge in [0.2, 0.25) is 0 Å². The van der Waals surface area contributed by atoms with Gasteiger partial charge in [0.05, 0.1) is 5.69 Å². The largest absolute Gasteiger partial charge is 0.238 e. The molecule has 2 heterocycles. The maximum Gasteiger partial charge on any atom is 0.157 e. The molecule has 0 radical (unpaired) electrons. The lowest BCUT2D eigenvalue weighted by Crippen LogP contribution is -2.03. The Hall–Kier alpha value is -1.71. The molecule has 84 valence electrons. The zero-order valence-corrected chi connectivity index (χ0v) is 9.94. The van der Waals surface area contributed by atoms with Crippen LogP contribution in [0, 0.1) is 13.8 Å². The number of hydrogen-bond donors (Lipinski definition) is 0. The van der Waals surface area contributed by atoms with Crippen molar-refractivity contribution in [2.45, 2.75) is 33.6 Å². The van der Waals surface area contributed by atoms with Gasteiger partial charge in [0.1, 0.15) is 5.82 Å². The third kappa shape index (κ3) is 2.27. The Morgan fingerprint density at radius 1 is 1.25 bits per heavy atom. The second kappa shape index (κ2) is 4.43. The van der Waals surface area contributed by atoms with Gasteiger partial charge < -0.3 is 0 Å². The molecular formula is C12H16N4. The summed E-state index contributed by atoms with van der Waals surface area (Å²) >= 11 is 0. The molecule has 0 fully saturated rings. The number of rotatable bonds is 3. The predicted octanol–water partition coefficient (Wildman–Crippen LogP) is 2.23. The van der Waals surface area contributed by atoms with E-state index < -0.39 is 0 Å². The van der Waals surface area contributed by atoms with E-state index in [0.717, 1.165) is 35.9 Å². The zero-order chi connectivity index (χ0) is 11.5. The molecule has 0 bridgehead atoms. The topological polar surface area (TPSA) is 43.6 Å². The van der Waals surface area contributed by atoms with E-state index in [9.17, 15) is 0 Å². The number of aromatic nitrogens is 4. The summed E-state index contributed by atoms with van der Waals surface area (Å²) in [5, 5.41) is 4.48. The number of hydrogen-bond acceptors (Lipinski definition) is 3. The van der Waals surface area contributed by atoms with Crippen LogP contribution in [0.3, 0.4) is 0 Å². The van der Waals surface area contributed by atoms with Gasteiger partial charge in [-0.1, -0.05) is 13.3 Å². The van der Waals surface area contributed by atoms with Gasteiger partial charge in [0.25, 0.3) is 0 Å². The van der Waals surface area contributed by atoms with E-state index in [0.29, 0.717) is 0 Å². The summed E-state index contributed by atoms with van der Waals surface area (Å²) in [5.41, 5.74) is 2.08. The Labute approximate surface area is 95.4 Å². The minimum atomic E-state index is 0.780. The van der Waals surface area contributed by atoms with Crippen molar-refractivity contribution in [3.05, 3.63) is 35.5 Å². The molecule has 0 aromatic carbocycles. The van der Waals surface area contributed by atoms with Crippen molar-refractivity contribution in [1.82, 2.24) is 19.7 Å². The highest BCUT2D eigenvalue weighted by Crippen LogP contribution is 2.07. The summed E-state index contributed by atoms with van der Waals surface area (Å²) in [6.45, 7) is 6.01. The molecule has 0 aliphatic heterocycles. The molecule has 4 nitrogen and oxygen atoms in total. The lowest BCUT2D eigenvalue weighted by Gasteiger charge is -2.02. The van der Waals surface area contributed by atoms with E-state index in [1.807, 2.05) is 36.9 Å². The summed E-state index contributed by atoms with van der Waals surface area (Å²) in [5.74, 6) is 1.62. The molecule has 0 spiro atoms. The van der Waals surface area contributed by atoms with Gasteiger partial charge >= 0.3 is 0 Å². The second-order valence-corrected chi connectivity index (χ2v) is 3.92. The molecule has 2 aromatic heterocycles. The quantitative estimate of drug-likeness (QED) is 0.790. The smallest absolute Gasteiger partial charge is 0.157 e. The van der Waals surface area contributed by atoms with Gasteiger partial charge in [0.15, 0.2) is 5.82 Å². The molecule has 0 atom stereocenters. The molecule has 0 saturated heterocycles. The maximum absolute atomic E-state index is 4.48. The van der Waals surface area contributed by atoms with Crippen LogP contribution in [0.1, 0.15) is 30.6 Å². The van der Waals surface area contributed by atoms with Crippen molar-refractivity contribution in [2.24, 2.45) is 0 Å². The first-order valence-corrected chi connectivity index (χ1v) is 5.56. The second-order valence-electron chi connectivity index (χ2n) is 3.92. The highest BCUT2D eigenvalue weighted by molar-refractivity contribution is 5.24. The third-order valence-corrected chi connectivity index (χ3v) is 2.34.